The third kappa shape index (κ3) is 1.00. The second-order valence-corrected chi connectivity index (χ2v) is 4.06. The molecule has 1 spiro atoms. The maximum Gasteiger partial charge on any atom is 0.0358 e. The molecule has 11 heavy (non-hydrogen) atoms. The summed E-state index contributed by atoms with van der Waals surface area (Å²) < 4.78 is 0. The van der Waals surface area contributed by atoms with Gasteiger partial charge in [-0.3, -0.25) is 0 Å². The molecule has 2 heteroatoms. The molecule has 1 N–H and O–H groups in total. The van der Waals surface area contributed by atoms with E-state index in [2.05, 4.69) is 24.1 Å². The lowest BCUT2D eigenvalue weighted by Gasteiger charge is -2.46. The molecule has 2 saturated heterocycles. The molecule has 2 heterocycles. The van der Waals surface area contributed by atoms with Gasteiger partial charge in [-0.2, -0.15) is 0 Å². The molecular weight excluding hydrogens is 136 g/mol. The summed E-state index contributed by atoms with van der Waals surface area (Å²) in [5.41, 5.74) is 0.524. The molecule has 0 bridgehead atoms. The molecule has 64 valence electrons. The lowest BCUT2D eigenvalue weighted by atomic mass is 9.77. The molecule has 0 amide bonds. The van der Waals surface area contributed by atoms with Crippen LogP contribution in [0, 0.1) is 5.92 Å². The van der Waals surface area contributed by atoms with Crippen LogP contribution in [0.5, 0.6) is 0 Å². The van der Waals surface area contributed by atoms with Crippen molar-refractivity contribution in [3.8, 4) is 0 Å². The maximum absolute atomic E-state index is 3.59. The molecule has 0 saturated carbocycles. The van der Waals surface area contributed by atoms with Crippen molar-refractivity contribution in [1.29, 1.82) is 0 Å². The van der Waals surface area contributed by atoms with E-state index in [1.807, 2.05) is 0 Å². The molecule has 2 unspecified atom stereocenters. The summed E-state index contributed by atoms with van der Waals surface area (Å²) in [6, 6.07) is 0. The van der Waals surface area contributed by atoms with Gasteiger partial charge in [0.05, 0.1) is 0 Å². The molecule has 0 aromatic heterocycles. The van der Waals surface area contributed by atoms with Crippen molar-refractivity contribution >= 4 is 0 Å². The zero-order valence-corrected chi connectivity index (χ0v) is 7.56. The van der Waals surface area contributed by atoms with Crippen molar-refractivity contribution < 1.29 is 0 Å². The fourth-order valence-corrected chi connectivity index (χ4v) is 2.33. The van der Waals surface area contributed by atoms with Gasteiger partial charge in [0.15, 0.2) is 0 Å². The maximum atomic E-state index is 3.59. The van der Waals surface area contributed by atoms with E-state index in [-0.39, 0.29) is 0 Å². The highest BCUT2D eigenvalue weighted by molar-refractivity contribution is 5.07. The highest BCUT2D eigenvalue weighted by atomic mass is 15.2. The van der Waals surface area contributed by atoms with Gasteiger partial charge in [0.1, 0.15) is 0 Å². The minimum atomic E-state index is 0.524. The lowest BCUT2D eigenvalue weighted by Crippen LogP contribution is -2.65. The zero-order valence-electron chi connectivity index (χ0n) is 7.56. The third-order valence-electron chi connectivity index (χ3n) is 3.53. The first kappa shape index (κ1) is 7.56. The van der Waals surface area contributed by atoms with Crippen molar-refractivity contribution in [1.82, 2.24) is 10.2 Å². The van der Waals surface area contributed by atoms with Crippen LogP contribution in [0.4, 0.5) is 0 Å². The smallest absolute Gasteiger partial charge is 0.0358 e. The molecule has 2 fully saturated rings. The van der Waals surface area contributed by atoms with E-state index < -0.39 is 0 Å². The first-order chi connectivity index (χ1) is 5.27. The first-order valence-corrected chi connectivity index (χ1v) is 4.74. The molecular formula is C9H18N2. The van der Waals surface area contributed by atoms with E-state index in [1.54, 1.807) is 0 Å². The van der Waals surface area contributed by atoms with Crippen LogP contribution in [-0.2, 0) is 0 Å². The molecule has 0 radical (unpaired) electrons. The zero-order chi connectivity index (χ0) is 7.90. The second kappa shape index (κ2) is 2.46. The van der Waals surface area contributed by atoms with Crippen molar-refractivity contribution in [3.05, 3.63) is 0 Å². The molecule has 2 nitrogen and oxygen atoms in total. The molecule has 0 aromatic carbocycles. The van der Waals surface area contributed by atoms with Crippen LogP contribution in [0.15, 0.2) is 0 Å². The Morgan fingerprint density at radius 1 is 1.64 bits per heavy atom. The van der Waals surface area contributed by atoms with E-state index in [0.29, 0.717) is 5.54 Å². The van der Waals surface area contributed by atoms with E-state index >= 15 is 0 Å². The van der Waals surface area contributed by atoms with Crippen molar-refractivity contribution in [3.63, 3.8) is 0 Å². The fraction of sp³-hybridized carbons (Fsp3) is 1.00. The second-order valence-electron chi connectivity index (χ2n) is 4.06. The number of nitrogens with zero attached hydrogens (tertiary/aromatic N) is 1. The van der Waals surface area contributed by atoms with Gasteiger partial charge in [0, 0.05) is 25.2 Å². The number of likely N-dealkylation sites (tertiary alicyclic amines) is 1. The van der Waals surface area contributed by atoms with Gasteiger partial charge in [-0.05, 0) is 18.9 Å². The number of likely N-dealkylation sites (N-methyl/N-ethyl adjacent to an activating group) is 1. The summed E-state index contributed by atoms with van der Waals surface area (Å²) in [4.78, 5) is 2.54. The summed E-state index contributed by atoms with van der Waals surface area (Å²) >= 11 is 0. The average Bonchev–Trinajstić information content (AvgIpc) is 2.47. The molecule has 2 atom stereocenters. The predicted molar refractivity (Wildman–Crippen MR) is 46.6 cm³/mol. The predicted octanol–water partition coefficient (Wildman–Crippen LogP) is 0.690. The Kier molecular flexibility index (Phi) is 1.69. The highest BCUT2D eigenvalue weighted by Crippen LogP contribution is 2.34. The monoisotopic (exact) mass is 154 g/mol. The van der Waals surface area contributed by atoms with Gasteiger partial charge < -0.3 is 10.2 Å². The van der Waals surface area contributed by atoms with Crippen LogP contribution in [0.2, 0.25) is 0 Å². The molecule has 2 rings (SSSR count). The third-order valence-corrected chi connectivity index (χ3v) is 3.53. The summed E-state index contributed by atoms with van der Waals surface area (Å²) in [7, 11) is 0. The summed E-state index contributed by atoms with van der Waals surface area (Å²) in [5, 5.41) is 3.59. The van der Waals surface area contributed by atoms with Gasteiger partial charge in [-0.25, -0.2) is 0 Å². The minimum absolute atomic E-state index is 0.524. The van der Waals surface area contributed by atoms with Gasteiger partial charge >= 0.3 is 0 Å². The Morgan fingerprint density at radius 3 is 2.73 bits per heavy atom. The Morgan fingerprint density at radius 2 is 2.45 bits per heavy atom. The van der Waals surface area contributed by atoms with Crippen LogP contribution in [-0.4, -0.2) is 36.6 Å². The van der Waals surface area contributed by atoms with E-state index in [4.69, 9.17) is 0 Å². The van der Waals surface area contributed by atoms with Crippen LogP contribution in [0.25, 0.3) is 0 Å². The number of hydrogen-bond donors (Lipinski definition) is 1. The minimum Gasteiger partial charge on any atom is -0.309 e. The van der Waals surface area contributed by atoms with Gasteiger partial charge in [-0.1, -0.05) is 13.8 Å². The fourth-order valence-electron chi connectivity index (χ4n) is 2.33. The summed E-state index contributed by atoms with van der Waals surface area (Å²) in [6.45, 7) is 9.66. The molecule has 2 aliphatic rings. The van der Waals surface area contributed by atoms with Gasteiger partial charge in [0.25, 0.3) is 0 Å². The Bertz CT molecular complexity index is 158. The van der Waals surface area contributed by atoms with Crippen molar-refractivity contribution in [2.75, 3.05) is 26.2 Å². The first-order valence-electron chi connectivity index (χ1n) is 4.74. The van der Waals surface area contributed by atoms with Crippen molar-refractivity contribution in [2.45, 2.75) is 25.8 Å². The van der Waals surface area contributed by atoms with Gasteiger partial charge in [-0.15, -0.1) is 0 Å². The highest BCUT2D eigenvalue weighted by Gasteiger charge is 2.47. The quantitative estimate of drug-likeness (QED) is 0.598. The van der Waals surface area contributed by atoms with Crippen LogP contribution >= 0.6 is 0 Å². The lowest BCUT2D eigenvalue weighted by molar-refractivity contribution is 0.120. The SMILES string of the molecule is CCN1CCC2(C1)NCC2C. The number of rotatable bonds is 1. The molecule has 0 aromatic rings. The molecule has 2 aliphatic heterocycles. The van der Waals surface area contributed by atoms with Crippen LogP contribution in [0.1, 0.15) is 20.3 Å². The summed E-state index contributed by atoms with van der Waals surface area (Å²) in [6.07, 6.45) is 1.36. The largest absolute Gasteiger partial charge is 0.309 e. The number of nitrogens with one attached hydrogen (secondary N) is 1. The van der Waals surface area contributed by atoms with E-state index in [1.165, 1.54) is 32.6 Å². The Balaban J connectivity index is 1.97. The number of hydrogen-bond acceptors (Lipinski definition) is 2. The summed E-state index contributed by atoms with van der Waals surface area (Å²) in [5.74, 6) is 0.902. The normalized spacial score (nSPS) is 44.7. The van der Waals surface area contributed by atoms with Crippen LogP contribution in [0.3, 0.4) is 0 Å². The van der Waals surface area contributed by atoms with Gasteiger partial charge in [0.2, 0.25) is 0 Å². The van der Waals surface area contributed by atoms with E-state index in [0.717, 1.165) is 5.92 Å². The standard InChI is InChI=1S/C9H18N2/c1-3-11-5-4-9(7-11)8(2)6-10-9/h8,10H,3-7H2,1-2H3. The van der Waals surface area contributed by atoms with Crippen LogP contribution < -0.4 is 5.32 Å². The Labute approximate surface area is 69.0 Å². The Hall–Kier alpha value is -0.0800. The average molecular weight is 154 g/mol. The topological polar surface area (TPSA) is 15.3 Å². The van der Waals surface area contributed by atoms with E-state index in [9.17, 15) is 0 Å². The molecule has 0 aliphatic carbocycles. The van der Waals surface area contributed by atoms with Crippen molar-refractivity contribution in [2.24, 2.45) is 5.92 Å².